The highest BCUT2D eigenvalue weighted by Gasteiger charge is 2.41. The van der Waals surface area contributed by atoms with Crippen LogP contribution in [0.3, 0.4) is 0 Å². The second-order valence-corrected chi connectivity index (χ2v) is 6.80. The molecule has 0 saturated carbocycles. The first-order valence-corrected chi connectivity index (χ1v) is 9.43. The minimum absolute atomic E-state index is 0.00513. The van der Waals surface area contributed by atoms with Gasteiger partial charge in [0.2, 0.25) is 0 Å². The number of aryl methyl sites for hydroxylation is 1. The van der Waals surface area contributed by atoms with E-state index in [1.54, 1.807) is 7.11 Å². The van der Waals surface area contributed by atoms with E-state index in [0.29, 0.717) is 5.11 Å². The molecule has 2 atom stereocenters. The monoisotopic (exact) mass is 378 g/mol. The summed E-state index contributed by atoms with van der Waals surface area (Å²) in [4.78, 5) is 6.76. The lowest BCUT2D eigenvalue weighted by Gasteiger charge is -2.29. The van der Waals surface area contributed by atoms with Crippen molar-refractivity contribution >= 4 is 23.0 Å². The van der Waals surface area contributed by atoms with Crippen molar-refractivity contribution in [3.05, 3.63) is 78.4 Å². The van der Waals surface area contributed by atoms with E-state index in [1.807, 2.05) is 42.6 Å². The molecule has 27 heavy (non-hydrogen) atoms. The average molecular weight is 379 g/mol. The first-order valence-electron chi connectivity index (χ1n) is 9.02. The van der Waals surface area contributed by atoms with Gasteiger partial charge in [0.25, 0.3) is 0 Å². The van der Waals surface area contributed by atoms with E-state index in [0.717, 1.165) is 23.7 Å². The highest BCUT2D eigenvalue weighted by molar-refractivity contribution is 7.80. The van der Waals surface area contributed by atoms with Gasteiger partial charge in [0, 0.05) is 36.4 Å². The smallest absolute Gasteiger partial charge is 0.174 e. The second-order valence-electron chi connectivity index (χ2n) is 6.42. The summed E-state index contributed by atoms with van der Waals surface area (Å²) in [5.74, 6) is 0.807. The van der Waals surface area contributed by atoms with Crippen LogP contribution in [0.1, 0.15) is 30.4 Å². The number of rotatable bonds is 5. The van der Waals surface area contributed by atoms with Crippen molar-refractivity contribution < 1.29 is 4.74 Å². The van der Waals surface area contributed by atoms with Crippen LogP contribution in [0.25, 0.3) is 0 Å². The van der Waals surface area contributed by atoms with Crippen molar-refractivity contribution in [3.63, 3.8) is 0 Å². The van der Waals surface area contributed by atoms with Gasteiger partial charge in [-0.25, -0.2) is 0 Å². The molecule has 0 aliphatic carbocycles. The molecule has 0 amide bonds. The van der Waals surface area contributed by atoms with Gasteiger partial charge in [-0.3, -0.25) is 4.98 Å². The molecule has 0 radical (unpaired) electrons. The van der Waals surface area contributed by atoms with Crippen LogP contribution >= 0.6 is 12.2 Å². The maximum Gasteiger partial charge on any atom is 0.174 e. The molecular formula is C21H22N4OS. The summed E-state index contributed by atoms with van der Waals surface area (Å²) in [6.45, 7) is 3.04. The van der Waals surface area contributed by atoms with Crippen LogP contribution in [0.2, 0.25) is 0 Å². The fraction of sp³-hybridized carbons (Fsp3) is 0.238. The minimum Gasteiger partial charge on any atom is -0.497 e. The Morgan fingerprint density at radius 3 is 2.78 bits per heavy atom. The summed E-state index contributed by atoms with van der Waals surface area (Å²) in [7, 11) is 1.68. The Kier molecular flexibility index (Phi) is 4.81. The molecule has 1 aromatic carbocycles. The topological polar surface area (TPSA) is 42.3 Å². The lowest BCUT2D eigenvalue weighted by molar-refractivity contribution is 0.414. The van der Waals surface area contributed by atoms with Gasteiger partial charge in [-0.15, -0.1) is 0 Å². The highest BCUT2D eigenvalue weighted by Crippen LogP contribution is 2.42. The van der Waals surface area contributed by atoms with Crippen molar-refractivity contribution in [1.82, 2.24) is 14.9 Å². The van der Waals surface area contributed by atoms with E-state index < -0.39 is 0 Å². The molecule has 4 rings (SSSR count). The molecule has 2 aromatic heterocycles. The zero-order valence-electron chi connectivity index (χ0n) is 15.4. The summed E-state index contributed by atoms with van der Waals surface area (Å²) in [5, 5.41) is 4.17. The Morgan fingerprint density at radius 1 is 1.15 bits per heavy atom. The number of methoxy groups -OCH3 is 1. The lowest BCUT2D eigenvalue weighted by Crippen LogP contribution is -2.30. The van der Waals surface area contributed by atoms with Gasteiger partial charge in [0.15, 0.2) is 5.11 Å². The average Bonchev–Trinajstić information content (AvgIpc) is 3.32. The number of anilines is 1. The van der Waals surface area contributed by atoms with Crippen LogP contribution in [-0.4, -0.2) is 21.8 Å². The number of hydrogen-bond donors (Lipinski definition) is 1. The normalized spacial score (nSPS) is 19.2. The molecule has 5 nitrogen and oxygen atoms in total. The van der Waals surface area contributed by atoms with Crippen molar-refractivity contribution in [3.8, 4) is 5.75 Å². The van der Waals surface area contributed by atoms with E-state index in [2.05, 4.69) is 51.1 Å². The second kappa shape index (κ2) is 7.40. The van der Waals surface area contributed by atoms with Crippen LogP contribution in [-0.2, 0) is 6.54 Å². The number of benzene rings is 1. The Morgan fingerprint density at radius 2 is 2.04 bits per heavy atom. The van der Waals surface area contributed by atoms with E-state index in [9.17, 15) is 0 Å². The van der Waals surface area contributed by atoms with Gasteiger partial charge < -0.3 is 19.5 Å². The van der Waals surface area contributed by atoms with Gasteiger partial charge in [-0.2, -0.15) is 0 Å². The van der Waals surface area contributed by atoms with Crippen molar-refractivity contribution in [2.75, 3.05) is 12.0 Å². The molecule has 1 aliphatic rings. The van der Waals surface area contributed by atoms with Crippen molar-refractivity contribution in [2.24, 2.45) is 0 Å². The lowest BCUT2D eigenvalue weighted by atomic mass is 10.0. The van der Waals surface area contributed by atoms with E-state index >= 15 is 0 Å². The van der Waals surface area contributed by atoms with Gasteiger partial charge in [0.1, 0.15) is 11.8 Å². The van der Waals surface area contributed by atoms with Gasteiger partial charge in [-0.05, 0) is 55.5 Å². The van der Waals surface area contributed by atoms with Crippen LogP contribution < -0.4 is 15.0 Å². The van der Waals surface area contributed by atoms with Crippen molar-refractivity contribution in [1.29, 1.82) is 0 Å². The maximum atomic E-state index is 5.75. The molecule has 138 valence electrons. The predicted octanol–water partition coefficient (Wildman–Crippen LogP) is 4.09. The molecule has 1 saturated heterocycles. The van der Waals surface area contributed by atoms with E-state index in [4.69, 9.17) is 17.0 Å². The maximum absolute atomic E-state index is 5.75. The number of ether oxygens (including phenoxy) is 1. The van der Waals surface area contributed by atoms with Crippen LogP contribution in [0, 0.1) is 0 Å². The molecule has 0 unspecified atom stereocenters. The summed E-state index contributed by atoms with van der Waals surface area (Å²) < 4.78 is 7.68. The van der Waals surface area contributed by atoms with Crippen LogP contribution in [0.15, 0.2) is 67.0 Å². The minimum atomic E-state index is -0.0369. The zero-order chi connectivity index (χ0) is 18.8. The third kappa shape index (κ3) is 3.17. The molecule has 0 bridgehead atoms. The highest BCUT2D eigenvalue weighted by atomic mass is 32.1. The first-order chi connectivity index (χ1) is 13.2. The molecule has 0 spiro atoms. The number of thiocarbonyl (C=S) groups is 1. The molecule has 3 heterocycles. The van der Waals surface area contributed by atoms with Gasteiger partial charge in [-0.1, -0.05) is 12.1 Å². The Bertz CT molecular complexity index is 940. The summed E-state index contributed by atoms with van der Waals surface area (Å²) in [6, 6.07) is 18.2. The quantitative estimate of drug-likeness (QED) is 0.678. The predicted molar refractivity (Wildman–Crippen MR) is 111 cm³/mol. The fourth-order valence-corrected chi connectivity index (χ4v) is 4.02. The van der Waals surface area contributed by atoms with E-state index in [1.165, 1.54) is 5.69 Å². The SMILES string of the molecule is CCn1cccc1[C@H]1[C@@H](c2ccccn2)NC(=S)N1c1cccc(OC)c1. The van der Waals surface area contributed by atoms with Gasteiger partial charge in [0.05, 0.1) is 18.8 Å². The third-order valence-corrected chi connectivity index (χ3v) is 5.25. The fourth-order valence-electron chi connectivity index (χ4n) is 3.68. The first kappa shape index (κ1) is 17.5. The van der Waals surface area contributed by atoms with Crippen LogP contribution in [0.5, 0.6) is 5.75 Å². The molecule has 1 fully saturated rings. The largest absolute Gasteiger partial charge is 0.497 e. The Balaban J connectivity index is 1.84. The zero-order valence-corrected chi connectivity index (χ0v) is 16.2. The number of hydrogen-bond acceptors (Lipinski definition) is 3. The summed E-state index contributed by atoms with van der Waals surface area (Å²) in [5.41, 5.74) is 3.17. The number of pyridine rings is 1. The Labute approximate surface area is 164 Å². The third-order valence-electron chi connectivity index (χ3n) is 4.94. The molecule has 1 aliphatic heterocycles. The van der Waals surface area contributed by atoms with Gasteiger partial charge >= 0.3 is 0 Å². The standard InChI is InChI=1S/C21H22N4OS/c1-3-24-13-7-11-18(24)20-19(17-10-4-5-12-22-17)23-21(27)25(20)15-8-6-9-16(14-15)26-2/h4-14,19-20H,3H2,1-2H3,(H,23,27)/t19-,20+/m1/s1. The number of nitrogens with zero attached hydrogens (tertiary/aromatic N) is 3. The number of nitrogens with one attached hydrogen (secondary N) is 1. The molecule has 6 heteroatoms. The number of aromatic nitrogens is 2. The Hall–Kier alpha value is -2.86. The van der Waals surface area contributed by atoms with E-state index in [-0.39, 0.29) is 12.1 Å². The molecular weight excluding hydrogens is 356 g/mol. The summed E-state index contributed by atoms with van der Waals surface area (Å²) in [6.07, 6.45) is 3.93. The molecule has 1 N–H and O–H groups in total. The molecule has 3 aromatic rings. The summed E-state index contributed by atoms with van der Waals surface area (Å²) >= 11 is 5.75. The van der Waals surface area contributed by atoms with Crippen molar-refractivity contribution in [2.45, 2.75) is 25.6 Å². The van der Waals surface area contributed by atoms with Crippen LogP contribution in [0.4, 0.5) is 5.69 Å².